The van der Waals surface area contributed by atoms with Gasteiger partial charge in [0.2, 0.25) is 0 Å². The first-order valence-corrected chi connectivity index (χ1v) is 6.04. The van der Waals surface area contributed by atoms with E-state index in [4.69, 9.17) is 5.73 Å². The highest BCUT2D eigenvalue weighted by atomic mass is 16.3. The number of unbranched alkanes of at least 4 members (excludes halogenated alkanes) is 2. The van der Waals surface area contributed by atoms with Crippen LogP contribution in [-0.4, -0.2) is 28.0 Å². The summed E-state index contributed by atoms with van der Waals surface area (Å²) in [5, 5.41) is 18.8. The second-order valence-corrected chi connectivity index (χ2v) is 4.93. The molecule has 2 unspecified atom stereocenters. The highest BCUT2D eigenvalue weighted by Crippen LogP contribution is 2.23. The normalized spacial score (nSPS) is 19.6. The van der Waals surface area contributed by atoms with Crippen LogP contribution in [0.1, 0.15) is 59.3 Å². The van der Waals surface area contributed by atoms with Crippen LogP contribution in [0.25, 0.3) is 0 Å². The maximum atomic E-state index is 9.40. The van der Waals surface area contributed by atoms with Crippen molar-refractivity contribution in [3.8, 4) is 0 Å². The lowest BCUT2D eigenvalue weighted by atomic mass is 9.83. The van der Waals surface area contributed by atoms with Gasteiger partial charge in [-0.2, -0.15) is 0 Å². The summed E-state index contributed by atoms with van der Waals surface area (Å²) in [4.78, 5) is 0. The van der Waals surface area contributed by atoms with Gasteiger partial charge in [0.25, 0.3) is 0 Å². The van der Waals surface area contributed by atoms with Crippen LogP contribution in [0.5, 0.6) is 0 Å². The molecule has 0 aromatic rings. The lowest BCUT2D eigenvalue weighted by Gasteiger charge is -2.32. The molecule has 0 saturated heterocycles. The predicted octanol–water partition coefficient (Wildman–Crippen LogP) is 1.81. The van der Waals surface area contributed by atoms with E-state index in [1.165, 1.54) is 12.8 Å². The van der Waals surface area contributed by atoms with Crippen molar-refractivity contribution in [2.24, 2.45) is 5.73 Å². The van der Waals surface area contributed by atoms with Crippen molar-refractivity contribution in [3.63, 3.8) is 0 Å². The summed E-state index contributed by atoms with van der Waals surface area (Å²) < 4.78 is 0. The molecule has 0 saturated carbocycles. The molecule has 3 heteroatoms. The standard InChI is InChI=1S/C12H27NO2/c1-4-5-6-7-12(13,8-10(2)14)9-11(3)15/h10-11,14-15H,4-9,13H2,1-3H3. The Kier molecular flexibility index (Phi) is 7.14. The smallest absolute Gasteiger partial charge is 0.0529 e. The maximum Gasteiger partial charge on any atom is 0.0529 e. The van der Waals surface area contributed by atoms with Crippen molar-refractivity contribution in [2.75, 3.05) is 0 Å². The molecule has 0 radical (unpaired) electrons. The van der Waals surface area contributed by atoms with Gasteiger partial charge in [0.1, 0.15) is 0 Å². The van der Waals surface area contributed by atoms with Crippen molar-refractivity contribution in [1.82, 2.24) is 0 Å². The van der Waals surface area contributed by atoms with Crippen LogP contribution in [0.2, 0.25) is 0 Å². The van der Waals surface area contributed by atoms with Gasteiger partial charge in [-0.1, -0.05) is 26.2 Å². The van der Waals surface area contributed by atoms with E-state index >= 15 is 0 Å². The molecule has 0 aromatic carbocycles. The first-order valence-electron chi connectivity index (χ1n) is 6.04. The summed E-state index contributed by atoms with van der Waals surface area (Å²) in [7, 11) is 0. The van der Waals surface area contributed by atoms with E-state index in [0.717, 1.165) is 12.8 Å². The molecule has 0 aliphatic carbocycles. The lowest BCUT2D eigenvalue weighted by molar-refractivity contribution is 0.0986. The molecule has 92 valence electrons. The molecule has 0 spiro atoms. The molecule has 0 bridgehead atoms. The molecule has 0 aliphatic heterocycles. The summed E-state index contributed by atoms with van der Waals surface area (Å²) >= 11 is 0. The first-order chi connectivity index (χ1) is 6.89. The Bertz CT molecular complexity index is 148. The minimum Gasteiger partial charge on any atom is -0.393 e. The number of hydrogen-bond donors (Lipinski definition) is 3. The summed E-state index contributed by atoms with van der Waals surface area (Å²) in [6, 6.07) is 0. The fourth-order valence-electron chi connectivity index (χ4n) is 2.19. The third-order valence-electron chi connectivity index (χ3n) is 2.68. The van der Waals surface area contributed by atoms with Gasteiger partial charge in [-0.15, -0.1) is 0 Å². The van der Waals surface area contributed by atoms with Crippen molar-refractivity contribution < 1.29 is 10.2 Å². The Hall–Kier alpha value is -0.120. The van der Waals surface area contributed by atoms with Gasteiger partial charge in [-0.3, -0.25) is 0 Å². The third kappa shape index (κ3) is 7.77. The van der Waals surface area contributed by atoms with Gasteiger partial charge in [0.05, 0.1) is 12.2 Å². The van der Waals surface area contributed by atoms with Gasteiger partial charge < -0.3 is 15.9 Å². The zero-order chi connectivity index (χ0) is 11.9. The van der Waals surface area contributed by atoms with E-state index in [1.54, 1.807) is 13.8 Å². The van der Waals surface area contributed by atoms with Gasteiger partial charge >= 0.3 is 0 Å². The van der Waals surface area contributed by atoms with Crippen molar-refractivity contribution in [1.29, 1.82) is 0 Å². The quantitative estimate of drug-likeness (QED) is 0.543. The fraction of sp³-hybridized carbons (Fsp3) is 1.00. The minimum atomic E-state index is -0.405. The molecule has 0 aliphatic rings. The molecular formula is C12H27NO2. The fourth-order valence-corrected chi connectivity index (χ4v) is 2.19. The molecule has 2 atom stereocenters. The highest BCUT2D eigenvalue weighted by Gasteiger charge is 2.27. The third-order valence-corrected chi connectivity index (χ3v) is 2.68. The van der Waals surface area contributed by atoms with Gasteiger partial charge in [0, 0.05) is 5.54 Å². The van der Waals surface area contributed by atoms with Crippen LogP contribution in [0.3, 0.4) is 0 Å². The largest absolute Gasteiger partial charge is 0.393 e. The molecular weight excluding hydrogens is 190 g/mol. The number of aliphatic hydroxyl groups is 2. The zero-order valence-electron chi connectivity index (χ0n) is 10.4. The minimum absolute atomic E-state index is 0.393. The molecule has 15 heavy (non-hydrogen) atoms. The van der Waals surface area contributed by atoms with E-state index in [-0.39, 0.29) is 0 Å². The Morgan fingerprint density at radius 1 is 1.07 bits per heavy atom. The maximum absolute atomic E-state index is 9.40. The Labute approximate surface area is 93.7 Å². The highest BCUT2D eigenvalue weighted by molar-refractivity contribution is 4.87. The molecule has 0 heterocycles. The molecule has 0 rings (SSSR count). The van der Waals surface area contributed by atoms with E-state index in [1.807, 2.05) is 0 Å². The average molecular weight is 217 g/mol. The SMILES string of the molecule is CCCCCC(N)(CC(C)O)CC(C)O. The predicted molar refractivity (Wildman–Crippen MR) is 63.7 cm³/mol. The Balaban J connectivity index is 4.14. The summed E-state index contributed by atoms with van der Waals surface area (Å²) in [5.74, 6) is 0. The topological polar surface area (TPSA) is 66.5 Å². The lowest BCUT2D eigenvalue weighted by Crippen LogP contribution is -2.44. The van der Waals surface area contributed by atoms with E-state index in [9.17, 15) is 10.2 Å². The van der Waals surface area contributed by atoms with E-state index in [0.29, 0.717) is 12.8 Å². The number of rotatable bonds is 8. The zero-order valence-corrected chi connectivity index (χ0v) is 10.4. The van der Waals surface area contributed by atoms with Gasteiger partial charge in [0.15, 0.2) is 0 Å². The van der Waals surface area contributed by atoms with Crippen LogP contribution in [0, 0.1) is 0 Å². The molecule has 0 aromatic heterocycles. The number of hydrogen-bond acceptors (Lipinski definition) is 3. The van der Waals surface area contributed by atoms with E-state index in [2.05, 4.69) is 6.92 Å². The Morgan fingerprint density at radius 3 is 1.87 bits per heavy atom. The average Bonchev–Trinajstić information content (AvgIpc) is 2.00. The monoisotopic (exact) mass is 217 g/mol. The van der Waals surface area contributed by atoms with Gasteiger partial charge in [-0.05, 0) is 33.1 Å². The second-order valence-electron chi connectivity index (χ2n) is 4.93. The second kappa shape index (κ2) is 7.20. The van der Waals surface area contributed by atoms with E-state index < -0.39 is 17.7 Å². The summed E-state index contributed by atoms with van der Waals surface area (Å²) in [6.45, 7) is 5.66. The van der Waals surface area contributed by atoms with Crippen LogP contribution in [-0.2, 0) is 0 Å². The summed E-state index contributed by atoms with van der Waals surface area (Å²) in [5.41, 5.74) is 5.82. The number of aliphatic hydroxyl groups excluding tert-OH is 2. The van der Waals surface area contributed by atoms with Crippen molar-refractivity contribution in [2.45, 2.75) is 77.0 Å². The molecule has 4 N–H and O–H groups in total. The van der Waals surface area contributed by atoms with Crippen LogP contribution in [0.15, 0.2) is 0 Å². The molecule has 3 nitrogen and oxygen atoms in total. The number of nitrogens with two attached hydrogens (primary N) is 1. The van der Waals surface area contributed by atoms with Crippen LogP contribution < -0.4 is 5.73 Å². The van der Waals surface area contributed by atoms with Crippen LogP contribution in [0.4, 0.5) is 0 Å². The van der Waals surface area contributed by atoms with Crippen LogP contribution >= 0.6 is 0 Å². The molecule has 0 fully saturated rings. The first kappa shape index (κ1) is 14.9. The van der Waals surface area contributed by atoms with Gasteiger partial charge in [-0.25, -0.2) is 0 Å². The van der Waals surface area contributed by atoms with Crippen molar-refractivity contribution in [3.05, 3.63) is 0 Å². The Morgan fingerprint density at radius 2 is 1.53 bits per heavy atom. The summed E-state index contributed by atoms with van der Waals surface area (Å²) in [6.07, 6.45) is 4.65. The molecule has 0 amide bonds. The van der Waals surface area contributed by atoms with Crippen molar-refractivity contribution >= 4 is 0 Å².